The highest BCUT2D eigenvalue weighted by Gasteiger charge is 2.34. The summed E-state index contributed by atoms with van der Waals surface area (Å²) in [6.07, 6.45) is 0. The molecule has 0 fully saturated rings. The number of fused-ring (bicyclic) bond motifs is 4. The van der Waals surface area contributed by atoms with Crippen molar-refractivity contribution in [1.29, 1.82) is 0 Å². The van der Waals surface area contributed by atoms with Crippen LogP contribution in [0.5, 0.6) is 0 Å². The SMILES string of the molecule is [2H]C([2H])([2H])c1cc(C)c(-c2n(-c3c(C([2H])(C)C)cc(-c4ccccc4)cc3C([2H])(C)C)c3ccccc3[n+]2C)c2oc3ccccc3c12. The van der Waals surface area contributed by atoms with E-state index >= 15 is 0 Å². The van der Waals surface area contributed by atoms with E-state index in [1.165, 1.54) is 0 Å². The minimum absolute atomic E-state index is 0.252. The van der Waals surface area contributed by atoms with Gasteiger partial charge in [-0.3, -0.25) is 0 Å². The second-order valence-electron chi connectivity index (χ2n) is 11.9. The fraction of sp³-hybridized carbons (Fsp3) is 0.225. The van der Waals surface area contributed by atoms with Crippen LogP contribution in [0.3, 0.4) is 0 Å². The number of rotatable bonds is 5. The molecule has 7 aromatic rings. The van der Waals surface area contributed by atoms with Crippen LogP contribution >= 0.6 is 0 Å². The lowest BCUT2D eigenvalue weighted by atomic mass is 9.88. The maximum atomic E-state index is 9.49. The van der Waals surface area contributed by atoms with E-state index in [0.717, 1.165) is 61.3 Å². The molecule has 0 N–H and O–H groups in total. The van der Waals surface area contributed by atoms with Gasteiger partial charge < -0.3 is 4.42 Å². The van der Waals surface area contributed by atoms with Gasteiger partial charge in [-0.05, 0) is 78.1 Å². The van der Waals surface area contributed by atoms with E-state index in [1.54, 1.807) is 6.07 Å². The summed E-state index contributed by atoms with van der Waals surface area (Å²) in [6, 6.07) is 31.8. The molecule has 0 saturated carbocycles. The molecule has 43 heavy (non-hydrogen) atoms. The van der Waals surface area contributed by atoms with Crippen LogP contribution in [0, 0.1) is 13.8 Å². The zero-order chi connectivity index (χ0) is 34.3. The van der Waals surface area contributed by atoms with Gasteiger partial charge in [-0.1, -0.05) is 94.4 Å². The molecule has 2 heterocycles. The Morgan fingerprint density at radius 2 is 1.42 bits per heavy atom. The van der Waals surface area contributed by atoms with Crippen molar-refractivity contribution >= 4 is 33.0 Å². The first-order valence-corrected chi connectivity index (χ1v) is 14.8. The van der Waals surface area contributed by atoms with Crippen molar-refractivity contribution in [1.82, 2.24) is 4.57 Å². The molecule has 2 aromatic heterocycles. The number of hydrogen-bond acceptors (Lipinski definition) is 1. The van der Waals surface area contributed by atoms with Gasteiger partial charge in [0.1, 0.15) is 16.8 Å². The number of imidazole rings is 1. The van der Waals surface area contributed by atoms with Gasteiger partial charge in [-0.15, -0.1) is 0 Å². The molecule has 0 spiro atoms. The summed E-state index contributed by atoms with van der Waals surface area (Å²) in [4.78, 5) is 0. The van der Waals surface area contributed by atoms with Gasteiger partial charge in [-0.25, -0.2) is 4.57 Å². The second kappa shape index (κ2) is 10.3. The summed E-state index contributed by atoms with van der Waals surface area (Å²) in [5.41, 5.74) is 9.03. The summed E-state index contributed by atoms with van der Waals surface area (Å²) in [5, 5.41) is 1.32. The minimum atomic E-state index is -2.36. The lowest BCUT2D eigenvalue weighted by molar-refractivity contribution is -0.633. The minimum Gasteiger partial charge on any atom is -0.455 e. The summed E-state index contributed by atoms with van der Waals surface area (Å²) in [5.74, 6) is -1.31. The van der Waals surface area contributed by atoms with Gasteiger partial charge >= 0.3 is 0 Å². The Bertz CT molecular complexity index is 2330. The summed E-state index contributed by atoms with van der Waals surface area (Å²) in [7, 11) is 2.01. The third-order valence-corrected chi connectivity index (χ3v) is 8.60. The normalized spacial score (nSPS) is 14.5. The van der Waals surface area contributed by atoms with E-state index in [0.29, 0.717) is 16.6 Å². The molecular formula is C40H39N2O+. The lowest BCUT2D eigenvalue weighted by Gasteiger charge is -2.21. The molecule has 7 rings (SSSR count). The van der Waals surface area contributed by atoms with Crippen LogP contribution in [0.2, 0.25) is 0 Å². The van der Waals surface area contributed by atoms with Crippen molar-refractivity contribution in [2.24, 2.45) is 7.05 Å². The summed E-state index contributed by atoms with van der Waals surface area (Å²) in [6.45, 7) is 7.13. The number of benzene rings is 5. The second-order valence-corrected chi connectivity index (χ2v) is 11.9. The van der Waals surface area contributed by atoms with Gasteiger partial charge in [0.2, 0.25) is 0 Å². The molecule has 3 heteroatoms. The van der Waals surface area contributed by atoms with Gasteiger partial charge in [0.05, 0.1) is 7.05 Å². The Balaban J connectivity index is 1.71. The van der Waals surface area contributed by atoms with Gasteiger partial charge in [0, 0.05) is 28.8 Å². The van der Waals surface area contributed by atoms with E-state index in [2.05, 4.69) is 45.5 Å². The highest BCUT2D eigenvalue weighted by molar-refractivity contribution is 6.11. The third-order valence-electron chi connectivity index (χ3n) is 8.60. The van der Waals surface area contributed by atoms with Crippen molar-refractivity contribution in [3.05, 3.63) is 119 Å². The molecule has 0 atom stereocenters. The smallest absolute Gasteiger partial charge is 0.299 e. The van der Waals surface area contributed by atoms with E-state index in [4.69, 9.17) is 8.53 Å². The molecule has 3 nitrogen and oxygen atoms in total. The molecule has 0 unspecified atom stereocenters. The Morgan fingerprint density at radius 3 is 2.12 bits per heavy atom. The molecule has 0 saturated heterocycles. The lowest BCUT2D eigenvalue weighted by Crippen LogP contribution is -2.30. The quantitative estimate of drug-likeness (QED) is 0.189. The Morgan fingerprint density at radius 1 is 0.767 bits per heavy atom. The number of aryl methyl sites for hydroxylation is 3. The van der Waals surface area contributed by atoms with Crippen LogP contribution in [0.15, 0.2) is 101 Å². The van der Waals surface area contributed by atoms with Crippen molar-refractivity contribution in [3.63, 3.8) is 0 Å². The molecule has 0 radical (unpaired) electrons. The largest absolute Gasteiger partial charge is 0.455 e. The predicted octanol–water partition coefficient (Wildman–Crippen LogP) is 10.6. The number of furan rings is 1. The zero-order valence-corrected chi connectivity index (χ0v) is 25.5. The van der Waals surface area contributed by atoms with E-state index in [9.17, 15) is 2.74 Å². The molecule has 0 aliphatic heterocycles. The average Bonchev–Trinajstić information content (AvgIpc) is 3.54. The molecule has 0 amide bonds. The van der Waals surface area contributed by atoms with Crippen LogP contribution in [-0.4, -0.2) is 4.57 Å². The topological polar surface area (TPSA) is 21.9 Å². The average molecular weight is 569 g/mol. The molecular weight excluding hydrogens is 524 g/mol. The van der Waals surface area contributed by atoms with E-state index in [-0.39, 0.29) is 5.56 Å². The van der Waals surface area contributed by atoms with Crippen LogP contribution in [0.4, 0.5) is 0 Å². The Labute approximate surface area is 261 Å². The molecule has 5 aromatic carbocycles. The van der Waals surface area contributed by atoms with Crippen molar-refractivity contribution < 1.29 is 15.8 Å². The summed E-state index contributed by atoms with van der Waals surface area (Å²) < 4.78 is 55.3. The highest BCUT2D eigenvalue weighted by Crippen LogP contribution is 2.43. The van der Waals surface area contributed by atoms with Crippen molar-refractivity contribution in [2.45, 2.75) is 53.3 Å². The zero-order valence-electron chi connectivity index (χ0n) is 30.5. The van der Waals surface area contributed by atoms with E-state index in [1.807, 2.05) is 96.3 Å². The number of nitrogens with zero attached hydrogens (tertiary/aromatic N) is 2. The first-order valence-electron chi connectivity index (χ1n) is 17.3. The Kier molecular flexibility index (Phi) is 5.25. The highest BCUT2D eigenvalue weighted by atomic mass is 16.3. The number of hydrogen-bond donors (Lipinski definition) is 0. The van der Waals surface area contributed by atoms with Gasteiger partial charge in [0.15, 0.2) is 16.6 Å². The van der Waals surface area contributed by atoms with Crippen LogP contribution in [0.25, 0.3) is 61.2 Å². The van der Waals surface area contributed by atoms with Crippen LogP contribution in [-0.2, 0) is 7.05 Å². The van der Waals surface area contributed by atoms with Crippen LogP contribution in [0.1, 0.15) is 68.6 Å². The van der Waals surface area contributed by atoms with Crippen molar-refractivity contribution in [3.8, 4) is 28.2 Å². The monoisotopic (exact) mass is 568 g/mol. The number of para-hydroxylation sites is 3. The first-order chi connectivity index (χ1) is 22.6. The number of aromatic nitrogens is 2. The first kappa shape index (κ1) is 22.0. The summed E-state index contributed by atoms with van der Waals surface area (Å²) >= 11 is 0. The van der Waals surface area contributed by atoms with Gasteiger partial charge in [-0.2, -0.15) is 4.57 Å². The van der Waals surface area contributed by atoms with E-state index < -0.39 is 18.6 Å². The predicted molar refractivity (Wildman–Crippen MR) is 180 cm³/mol. The molecule has 214 valence electrons. The molecule has 0 aliphatic carbocycles. The third kappa shape index (κ3) is 4.21. The van der Waals surface area contributed by atoms with Gasteiger partial charge in [0.25, 0.3) is 5.82 Å². The maximum Gasteiger partial charge on any atom is 0.299 e. The maximum absolute atomic E-state index is 9.49. The standard InChI is InChI=1S/C40H39N2O/c1-24(2)31-22-29(28-15-9-8-10-16-28)23-32(25(3)4)38(31)42-34-19-13-12-18-33(34)41(7)40(42)37-27(6)21-26(5)36-30-17-11-14-20-35(30)43-39(36)37/h8-25H,1-7H3/q+1/i5D3,24D,25D. The van der Waals surface area contributed by atoms with Crippen LogP contribution < -0.4 is 4.57 Å². The Hall–Kier alpha value is -4.63. The molecule has 0 bridgehead atoms. The fourth-order valence-corrected chi connectivity index (χ4v) is 6.56. The van der Waals surface area contributed by atoms with Crippen molar-refractivity contribution in [2.75, 3.05) is 0 Å². The molecule has 0 aliphatic rings. The fourth-order valence-electron chi connectivity index (χ4n) is 6.56.